The molecule has 1 aromatic heterocycles. The number of rotatable bonds is 3. The minimum Gasteiger partial charge on any atom is -0.480 e. The molecule has 20 heavy (non-hydrogen) atoms. The summed E-state index contributed by atoms with van der Waals surface area (Å²) < 4.78 is 0. The van der Waals surface area contributed by atoms with E-state index in [9.17, 15) is 9.90 Å². The smallest absolute Gasteiger partial charge is 0.321 e. The molecule has 1 fully saturated rings. The summed E-state index contributed by atoms with van der Waals surface area (Å²) in [5, 5.41) is 10.4. The number of carboxylic acids is 1. The molecule has 1 N–H and O–H groups in total. The Kier molecular flexibility index (Phi) is 3.89. The van der Waals surface area contributed by atoms with E-state index in [0.717, 1.165) is 28.8 Å². The van der Waals surface area contributed by atoms with Crippen LogP contribution < -0.4 is 0 Å². The summed E-state index contributed by atoms with van der Waals surface area (Å²) in [4.78, 5) is 17.8. The molecular weight excluding hydrogens is 272 g/mol. The van der Waals surface area contributed by atoms with Gasteiger partial charge in [0, 0.05) is 36.2 Å². The van der Waals surface area contributed by atoms with Crippen molar-refractivity contribution in [3.63, 3.8) is 0 Å². The van der Waals surface area contributed by atoms with Gasteiger partial charge in [-0.05, 0) is 17.7 Å². The standard InChI is InChI=1S/C15H16N2O2S/c18-15(19)14-10-20-8-7-17(14)9-11-5-6-16-13-4-2-1-3-12(11)13/h1-6,14H,7-10H2,(H,18,19). The predicted molar refractivity (Wildman–Crippen MR) is 80.9 cm³/mol. The predicted octanol–water partition coefficient (Wildman–Crippen LogP) is 2.24. The second kappa shape index (κ2) is 5.81. The average Bonchev–Trinajstić information content (AvgIpc) is 2.48. The van der Waals surface area contributed by atoms with Gasteiger partial charge in [0.2, 0.25) is 0 Å². The Labute approximate surface area is 121 Å². The Hall–Kier alpha value is -1.59. The number of nitrogens with zero attached hydrogens (tertiary/aromatic N) is 2. The Morgan fingerprint density at radius 2 is 2.25 bits per heavy atom. The molecular formula is C15H16N2O2S. The number of benzene rings is 1. The third kappa shape index (κ3) is 2.64. The number of hydrogen-bond donors (Lipinski definition) is 1. The zero-order chi connectivity index (χ0) is 13.9. The molecule has 0 spiro atoms. The lowest BCUT2D eigenvalue weighted by Gasteiger charge is -2.32. The number of carbonyl (C=O) groups is 1. The van der Waals surface area contributed by atoms with Crippen molar-refractivity contribution in [3.8, 4) is 0 Å². The molecule has 4 nitrogen and oxygen atoms in total. The van der Waals surface area contributed by atoms with Crippen molar-refractivity contribution in [2.24, 2.45) is 0 Å². The molecule has 0 aliphatic carbocycles. The molecule has 2 aromatic rings. The van der Waals surface area contributed by atoms with E-state index in [1.807, 2.05) is 30.3 Å². The summed E-state index contributed by atoms with van der Waals surface area (Å²) >= 11 is 1.71. The molecule has 3 rings (SSSR count). The first-order valence-corrected chi connectivity index (χ1v) is 7.78. The molecule has 104 valence electrons. The third-order valence-electron chi connectivity index (χ3n) is 3.64. The summed E-state index contributed by atoms with van der Waals surface area (Å²) in [5.41, 5.74) is 2.11. The maximum atomic E-state index is 11.4. The maximum absolute atomic E-state index is 11.4. The van der Waals surface area contributed by atoms with Gasteiger partial charge >= 0.3 is 5.97 Å². The fourth-order valence-corrected chi connectivity index (χ4v) is 3.67. The molecule has 0 bridgehead atoms. The quantitative estimate of drug-likeness (QED) is 0.938. The van der Waals surface area contributed by atoms with Crippen molar-refractivity contribution in [2.45, 2.75) is 12.6 Å². The van der Waals surface area contributed by atoms with Gasteiger partial charge in [-0.2, -0.15) is 11.8 Å². The van der Waals surface area contributed by atoms with E-state index in [1.165, 1.54) is 0 Å². The van der Waals surface area contributed by atoms with Gasteiger partial charge in [0.1, 0.15) is 6.04 Å². The second-order valence-corrected chi connectivity index (χ2v) is 6.04. The van der Waals surface area contributed by atoms with Crippen molar-refractivity contribution in [1.82, 2.24) is 9.88 Å². The fraction of sp³-hybridized carbons (Fsp3) is 0.333. The molecule has 0 saturated carbocycles. The highest BCUT2D eigenvalue weighted by molar-refractivity contribution is 7.99. The van der Waals surface area contributed by atoms with Gasteiger partial charge in [0.25, 0.3) is 0 Å². The summed E-state index contributed by atoms with van der Waals surface area (Å²) in [6.07, 6.45) is 1.80. The zero-order valence-corrected chi connectivity index (χ0v) is 11.8. The number of pyridine rings is 1. The van der Waals surface area contributed by atoms with Crippen LogP contribution in [0, 0.1) is 0 Å². The highest BCUT2D eigenvalue weighted by Gasteiger charge is 2.28. The van der Waals surface area contributed by atoms with Crippen LogP contribution in [-0.4, -0.2) is 45.1 Å². The van der Waals surface area contributed by atoms with Gasteiger partial charge in [-0.1, -0.05) is 18.2 Å². The van der Waals surface area contributed by atoms with Gasteiger partial charge in [-0.25, -0.2) is 0 Å². The number of aliphatic carboxylic acids is 1. The second-order valence-electron chi connectivity index (χ2n) is 4.89. The normalized spacial score (nSPS) is 20.1. The monoisotopic (exact) mass is 288 g/mol. The van der Waals surface area contributed by atoms with Crippen LogP contribution in [0.25, 0.3) is 10.9 Å². The molecule has 2 heterocycles. The molecule has 1 aliphatic heterocycles. The largest absolute Gasteiger partial charge is 0.480 e. The Bertz CT molecular complexity index is 627. The molecule has 1 atom stereocenters. The summed E-state index contributed by atoms with van der Waals surface area (Å²) in [7, 11) is 0. The molecule has 1 aromatic carbocycles. The van der Waals surface area contributed by atoms with Gasteiger partial charge in [0.15, 0.2) is 0 Å². The highest BCUT2D eigenvalue weighted by Crippen LogP contribution is 2.22. The van der Waals surface area contributed by atoms with Crippen LogP contribution in [-0.2, 0) is 11.3 Å². The molecule has 1 unspecified atom stereocenters. The van der Waals surface area contributed by atoms with Crippen LogP contribution in [0.3, 0.4) is 0 Å². The van der Waals surface area contributed by atoms with E-state index >= 15 is 0 Å². The molecule has 1 aliphatic rings. The fourth-order valence-electron chi connectivity index (χ4n) is 2.57. The first-order valence-electron chi connectivity index (χ1n) is 6.63. The number of thioether (sulfide) groups is 1. The van der Waals surface area contributed by atoms with Crippen molar-refractivity contribution in [3.05, 3.63) is 42.1 Å². The number of aromatic nitrogens is 1. The Balaban J connectivity index is 1.90. The van der Waals surface area contributed by atoms with Crippen LogP contribution in [0.2, 0.25) is 0 Å². The third-order valence-corrected chi connectivity index (χ3v) is 4.66. The summed E-state index contributed by atoms with van der Waals surface area (Å²) in [5.74, 6) is 0.932. The lowest BCUT2D eigenvalue weighted by molar-refractivity contribution is -0.142. The van der Waals surface area contributed by atoms with Crippen LogP contribution >= 0.6 is 11.8 Å². The van der Waals surface area contributed by atoms with Crippen molar-refractivity contribution in [2.75, 3.05) is 18.1 Å². The molecule has 0 amide bonds. The number of carboxylic acid groups (broad SMARTS) is 1. The maximum Gasteiger partial charge on any atom is 0.321 e. The number of hydrogen-bond acceptors (Lipinski definition) is 4. The van der Waals surface area contributed by atoms with Crippen LogP contribution in [0.4, 0.5) is 0 Å². The zero-order valence-electron chi connectivity index (χ0n) is 11.0. The average molecular weight is 288 g/mol. The highest BCUT2D eigenvalue weighted by atomic mass is 32.2. The minimum absolute atomic E-state index is 0.388. The van der Waals surface area contributed by atoms with Gasteiger partial charge in [-0.3, -0.25) is 14.7 Å². The molecule has 5 heteroatoms. The SMILES string of the molecule is O=C(O)C1CSCCN1Cc1ccnc2ccccc12. The van der Waals surface area contributed by atoms with Crippen molar-refractivity contribution < 1.29 is 9.90 Å². The first kappa shape index (κ1) is 13.4. The van der Waals surface area contributed by atoms with E-state index in [1.54, 1.807) is 18.0 Å². The lowest BCUT2D eigenvalue weighted by atomic mass is 10.1. The van der Waals surface area contributed by atoms with Crippen molar-refractivity contribution in [1.29, 1.82) is 0 Å². The van der Waals surface area contributed by atoms with Crippen molar-refractivity contribution >= 4 is 28.6 Å². The van der Waals surface area contributed by atoms with Gasteiger partial charge in [0.05, 0.1) is 5.52 Å². The van der Waals surface area contributed by atoms with Crippen LogP contribution in [0.1, 0.15) is 5.56 Å². The number of para-hydroxylation sites is 1. The summed E-state index contributed by atoms with van der Waals surface area (Å²) in [6.45, 7) is 1.48. The van der Waals surface area contributed by atoms with Gasteiger partial charge in [-0.15, -0.1) is 0 Å². The van der Waals surface area contributed by atoms with E-state index < -0.39 is 5.97 Å². The topological polar surface area (TPSA) is 53.4 Å². The van der Waals surface area contributed by atoms with E-state index in [2.05, 4.69) is 9.88 Å². The van der Waals surface area contributed by atoms with E-state index in [4.69, 9.17) is 0 Å². The first-order chi connectivity index (χ1) is 9.75. The van der Waals surface area contributed by atoms with E-state index in [-0.39, 0.29) is 6.04 Å². The van der Waals surface area contributed by atoms with E-state index in [0.29, 0.717) is 12.3 Å². The van der Waals surface area contributed by atoms with Crippen LogP contribution in [0.15, 0.2) is 36.5 Å². The summed E-state index contributed by atoms with van der Waals surface area (Å²) in [6, 6.07) is 9.60. The lowest BCUT2D eigenvalue weighted by Crippen LogP contribution is -2.46. The number of fused-ring (bicyclic) bond motifs is 1. The van der Waals surface area contributed by atoms with Crippen LogP contribution in [0.5, 0.6) is 0 Å². The Morgan fingerprint density at radius 3 is 3.10 bits per heavy atom. The molecule has 1 saturated heterocycles. The Morgan fingerprint density at radius 1 is 1.40 bits per heavy atom. The minimum atomic E-state index is -0.726. The molecule has 0 radical (unpaired) electrons. The van der Waals surface area contributed by atoms with Gasteiger partial charge < -0.3 is 5.11 Å².